The van der Waals surface area contributed by atoms with Crippen LogP contribution in [0.4, 0.5) is 0 Å². The molecule has 0 amide bonds. The third-order valence-corrected chi connectivity index (χ3v) is 4.69. The van der Waals surface area contributed by atoms with Gasteiger partial charge in [-0.15, -0.1) is 0 Å². The van der Waals surface area contributed by atoms with Crippen LogP contribution in [0.5, 0.6) is 0 Å². The molecule has 0 aliphatic heterocycles. The molecule has 2 nitrogen and oxygen atoms in total. The highest BCUT2D eigenvalue weighted by Gasteiger charge is 2.31. The summed E-state index contributed by atoms with van der Waals surface area (Å²) in [4.78, 5) is 0. The largest absolute Gasteiger partial charge is 0.258 e. The van der Waals surface area contributed by atoms with Gasteiger partial charge in [0, 0.05) is 10.8 Å². The van der Waals surface area contributed by atoms with Crippen LogP contribution in [0.1, 0.15) is 16.4 Å². The van der Waals surface area contributed by atoms with Gasteiger partial charge in [-0.25, -0.2) is 0 Å². The zero-order valence-corrected chi connectivity index (χ0v) is 10.5. The molecule has 1 aliphatic rings. The summed E-state index contributed by atoms with van der Waals surface area (Å²) in [5.41, 5.74) is 4.44. The number of nitrogens with zero attached hydrogens (tertiary/aromatic N) is 1. The lowest BCUT2D eigenvalue weighted by Crippen LogP contribution is -2.07. The minimum atomic E-state index is -1.18. The molecule has 1 aliphatic carbocycles. The molecule has 0 fully saturated rings. The number of rotatable bonds is 2. The third-order valence-electron chi connectivity index (χ3n) is 3.25. The van der Waals surface area contributed by atoms with E-state index in [4.69, 9.17) is 5.26 Å². The Kier molecular flexibility index (Phi) is 2.73. The number of benzene rings is 2. The summed E-state index contributed by atoms with van der Waals surface area (Å²) in [7, 11) is -1.18. The summed E-state index contributed by atoms with van der Waals surface area (Å²) in [5, 5.41) is 8.59. The molecule has 1 unspecified atom stereocenters. The van der Waals surface area contributed by atoms with E-state index in [-0.39, 0.29) is 11.0 Å². The van der Waals surface area contributed by atoms with Gasteiger partial charge in [0.25, 0.3) is 0 Å². The number of hydrogen-bond acceptors (Lipinski definition) is 2. The van der Waals surface area contributed by atoms with E-state index < -0.39 is 10.8 Å². The van der Waals surface area contributed by atoms with E-state index in [9.17, 15) is 4.21 Å². The van der Waals surface area contributed by atoms with Crippen LogP contribution in [0.25, 0.3) is 11.1 Å². The minimum Gasteiger partial charge on any atom is -0.258 e. The molecule has 0 saturated carbocycles. The van der Waals surface area contributed by atoms with Crippen molar-refractivity contribution in [3.63, 3.8) is 0 Å². The molecule has 0 bridgehead atoms. The van der Waals surface area contributed by atoms with Crippen molar-refractivity contribution in [1.29, 1.82) is 5.26 Å². The fourth-order valence-corrected chi connectivity index (χ4v) is 3.81. The van der Waals surface area contributed by atoms with Gasteiger partial charge < -0.3 is 0 Å². The highest BCUT2D eigenvalue weighted by Crippen LogP contribution is 2.45. The SMILES string of the molecule is N#CCS(=O)C1c2ccccc2-c2ccccc21. The summed E-state index contributed by atoms with van der Waals surface area (Å²) in [5.74, 6) is 0.0767. The molecule has 1 atom stereocenters. The molecule has 0 radical (unpaired) electrons. The van der Waals surface area contributed by atoms with Crippen LogP contribution in [0.15, 0.2) is 48.5 Å². The van der Waals surface area contributed by atoms with Gasteiger partial charge in [-0.1, -0.05) is 48.5 Å². The standard InChI is InChI=1S/C15H11NOS/c16-9-10-18(17)15-13-7-3-1-5-11(13)12-6-2-4-8-14(12)15/h1-8,15H,10H2. The van der Waals surface area contributed by atoms with E-state index in [2.05, 4.69) is 12.1 Å². The van der Waals surface area contributed by atoms with Crippen LogP contribution in [0.3, 0.4) is 0 Å². The van der Waals surface area contributed by atoms with Crippen molar-refractivity contribution in [2.24, 2.45) is 0 Å². The Morgan fingerprint density at radius 2 is 1.50 bits per heavy atom. The van der Waals surface area contributed by atoms with Crippen molar-refractivity contribution >= 4 is 10.8 Å². The topological polar surface area (TPSA) is 40.9 Å². The lowest BCUT2D eigenvalue weighted by atomic mass is 10.1. The van der Waals surface area contributed by atoms with Crippen LogP contribution >= 0.6 is 0 Å². The Morgan fingerprint density at radius 3 is 2.00 bits per heavy atom. The predicted molar refractivity (Wildman–Crippen MR) is 72.3 cm³/mol. The number of nitriles is 1. The van der Waals surface area contributed by atoms with Gasteiger partial charge in [-0.05, 0) is 22.3 Å². The average Bonchev–Trinajstić information content (AvgIpc) is 2.73. The fourth-order valence-electron chi connectivity index (χ4n) is 2.54. The summed E-state index contributed by atoms with van der Waals surface area (Å²) >= 11 is 0. The zero-order valence-electron chi connectivity index (χ0n) is 9.67. The maximum Gasteiger partial charge on any atom is 0.112 e. The Labute approximate surface area is 108 Å². The average molecular weight is 253 g/mol. The Hall–Kier alpha value is -1.92. The second-order valence-electron chi connectivity index (χ2n) is 4.24. The molecular formula is C15H11NOS. The fraction of sp³-hybridized carbons (Fsp3) is 0.133. The van der Waals surface area contributed by atoms with Crippen LogP contribution in [-0.2, 0) is 10.8 Å². The molecule has 18 heavy (non-hydrogen) atoms. The lowest BCUT2D eigenvalue weighted by Gasteiger charge is -2.10. The molecule has 0 saturated heterocycles. The van der Waals surface area contributed by atoms with Crippen LogP contribution < -0.4 is 0 Å². The van der Waals surface area contributed by atoms with Crippen molar-refractivity contribution in [2.45, 2.75) is 5.25 Å². The van der Waals surface area contributed by atoms with E-state index >= 15 is 0 Å². The van der Waals surface area contributed by atoms with Gasteiger partial charge in [0.1, 0.15) is 5.75 Å². The second kappa shape index (κ2) is 4.40. The van der Waals surface area contributed by atoms with E-state index in [0.29, 0.717) is 0 Å². The predicted octanol–water partition coefficient (Wildman–Crippen LogP) is 3.03. The van der Waals surface area contributed by atoms with Crippen LogP contribution in [0, 0.1) is 11.3 Å². The molecule has 0 heterocycles. The molecule has 0 N–H and O–H groups in total. The summed E-state index contributed by atoms with van der Waals surface area (Å²) in [6.07, 6.45) is 0. The zero-order chi connectivity index (χ0) is 12.5. The summed E-state index contributed by atoms with van der Waals surface area (Å²) < 4.78 is 12.3. The molecule has 2 aromatic rings. The Balaban J connectivity index is 2.21. The third kappa shape index (κ3) is 1.58. The van der Waals surface area contributed by atoms with Crippen molar-refractivity contribution < 1.29 is 4.21 Å². The van der Waals surface area contributed by atoms with Gasteiger partial charge in [0.05, 0.1) is 11.3 Å². The number of fused-ring (bicyclic) bond motifs is 3. The molecule has 0 aromatic heterocycles. The highest BCUT2D eigenvalue weighted by atomic mass is 32.2. The Bertz CT molecular complexity index is 627. The minimum absolute atomic E-state index is 0.0767. The quantitative estimate of drug-likeness (QED) is 0.825. The van der Waals surface area contributed by atoms with Crippen molar-refractivity contribution in [1.82, 2.24) is 0 Å². The lowest BCUT2D eigenvalue weighted by molar-refractivity contribution is 0.681. The van der Waals surface area contributed by atoms with Crippen LogP contribution in [-0.4, -0.2) is 9.96 Å². The van der Waals surface area contributed by atoms with E-state index in [0.717, 1.165) is 22.3 Å². The van der Waals surface area contributed by atoms with Gasteiger partial charge >= 0.3 is 0 Å². The van der Waals surface area contributed by atoms with Crippen LogP contribution in [0.2, 0.25) is 0 Å². The Morgan fingerprint density at radius 1 is 1.00 bits per heavy atom. The normalized spacial score (nSPS) is 14.6. The van der Waals surface area contributed by atoms with Crippen molar-refractivity contribution in [3.8, 4) is 17.2 Å². The first-order valence-corrected chi connectivity index (χ1v) is 7.13. The highest BCUT2D eigenvalue weighted by molar-refractivity contribution is 7.85. The van der Waals surface area contributed by atoms with E-state index in [1.54, 1.807) is 0 Å². The molecule has 2 aromatic carbocycles. The van der Waals surface area contributed by atoms with Gasteiger partial charge in [-0.2, -0.15) is 5.26 Å². The van der Waals surface area contributed by atoms with Crippen molar-refractivity contribution in [3.05, 3.63) is 59.7 Å². The second-order valence-corrected chi connectivity index (χ2v) is 5.76. The molecular weight excluding hydrogens is 242 g/mol. The number of hydrogen-bond donors (Lipinski definition) is 0. The van der Waals surface area contributed by atoms with Crippen molar-refractivity contribution in [2.75, 3.05) is 5.75 Å². The van der Waals surface area contributed by atoms with Gasteiger partial charge in [0.2, 0.25) is 0 Å². The molecule has 3 rings (SSSR count). The van der Waals surface area contributed by atoms with E-state index in [1.165, 1.54) is 0 Å². The molecule has 0 spiro atoms. The van der Waals surface area contributed by atoms with Gasteiger partial charge in [-0.3, -0.25) is 4.21 Å². The maximum absolute atomic E-state index is 12.3. The summed E-state index contributed by atoms with van der Waals surface area (Å²) in [6.45, 7) is 0. The first-order chi connectivity index (χ1) is 8.83. The smallest absolute Gasteiger partial charge is 0.112 e. The van der Waals surface area contributed by atoms with E-state index in [1.807, 2.05) is 42.5 Å². The monoisotopic (exact) mass is 253 g/mol. The molecule has 88 valence electrons. The molecule has 3 heteroatoms. The maximum atomic E-state index is 12.3. The van der Waals surface area contributed by atoms with Gasteiger partial charge in [0.15, 0.2) is 0 Å². The summed E-state index contributed by atoms with van der Waals surface area (Å²) in [6, 6.07) is 18.0. The first-order valence-electron chi connectivity index (χ1n) is 5.75. The first kappa shape index (κ1) is 11.2.